The number of ketones is 1. The number of Topliss-reactive ketones (excluding diaryl/α,β-unsaturated/α-hetero) is 1. The molecule has 1 aliphatic rings. The van der Waals surface area contributed by atoms with Gasteiger partial charge in [0.1, 0.15) is 5.75 Å². The lowest BCUT2D eigenvalue weighted by Crippen LogP contribution is -2.29. The van der Waals surface area contributed by atoms with E-state index in [1.54, 1.807) is 36.3 Å². The molecule has 0 aromatic heterocycles. The van der Waals surface area contributed by atoms with E-state index in [1.807, 2.05) is 60.7 Å². The van der Waals surface area contributed by atoms with Crippen LogP contribution in [0.2, 0.25) is 0 Å². The number of nitrogens with two attached hydrogens (primary N) is 1. The number of benzene rings is 3. The highest BCUT2D eigenvalue weighted by molar-refractivity contribution is 6.52. The summed E-state index contributed by atoms with van der Waals surface area (Å²) in [6, 6.07) is 25.6. The number of hydrogen-bond donors (Lipinski definition) is 1. The second-order valence-corrected chi connectivity index (χ2v) is 6.98. The maximum Gasteiger partial charge on any atom is 0.299 e. The highest BCUT2D eigenvalue weighted by Crippen LogP contribution is 2.42. The molecule has 3 aromatic carbocycles. The van der Waals surface area contributed by atoms with Crippen LogP contribution in [0.5, 0.6) is 5.75 Å². The van der Waals surface area contributed by atoms with Crippen molar-refractivity contribution in [3.63, 3.8) is 0 Å². The molecule has 2 N–H and O–H groups in total. The van der Waals surface area contributed by atoms with Gasteiger partial charge in [0, 0.05) is 17.8 Å². The summed E-state index contributed by atoms with van der Waals surface area (Å²) in [5, 5.41) is 0. The summed E-state index contributed by atoms with van der Waals surface area (Å²) in [6.07, 6.45) is 0. The van der Waals surface area contributed by atoms with Crippen LogP contribution >= 0.6 is 0 Å². The summed E-state index contributed by atoms with van der Waals surface area (Å²) >= 11 is 0. The second-order valence-electron chi connectivity index (χ2n) is 6.98. The van der Waals surface area contributed by atoms with Crippen molar-refractivity contribution in [3.8, 4) is 5.75 Å². The van der Waals surface area contributed by atoms with E-state index < -0.39 is 17.7 Å². The number of amides is 1. The van der Waals surface area contributed by atoms with Gasteiger partial charge < -0.3 is 10.5 Å². The molecule has 30 heavy (non-hydrogen) atoms. The van der Waals surface area contributed by atoms with Gasteiger partial charge in [0.15, 0.2) is 0 Å². The zero-order valence-electron chi connectivity index (χ0n) is 16.6. The first-order chi connectivity index (χ1) is 14.7. The van der Waals surface area contributed by atoms with Crippen LogP contribution in [-0.2, 0) is 9.59 Å². The van der Waals surface area contributed by atoms with Gasteiger partial charge in [0.2, 0.25) is 5.78 Å². The number of rotatable bonds is 5. The molecule has 0 saturated carbocycles. The van der Waals surface area contributed by atoms with Crippen LogP contribution in [0.3, 0.4) is 0 Å². The van der Waals surface area contributed by atoms with E-state index in [0.29, 0.717) is 22.6 Å². The predicted octanol–water partition coefficient (Wildman–Crippen LogP) is 3.76. The van der Waals surface area contributed by atoms with Crippen LogP contribution < -0.4 is 15.4 Å². The van der Waals surface area contributed by atoms with Gasteiger partial charge in [-0.25, -0.2) is 0 Å². The highest BCUT2D eigenvalue weighted by Gasteiger charge is 2.46. The highest BCUT2D eigenvalue weighted by atomic mass is 16.5. The number of methoxy groups -OCH3 is 1. The third kappa shape index (κ3) is 3.40. The minimum atomic E-state index is -0.564. The molecule has 0 aliphatic carbocycles. The quantitative estimate of drug-likeness (QED) is 0.525. The second kappa shape index (κ2) is 8.35. The van der Waals surface area contributed by atoms with Gasteiger partial charge in [-0.2, -0.15) is 0 Å². The molecule has 5 nitrogen and oxygen atoms in total. The first kappa shape index (κ1) is 19.6. The number of anilines is 1. The van der Waals surface area contributed by atoms with Crippen molar-refractivity contribution < 1.29 is 14.3 Å². The first-order valence-corrected chi connectivity index (χ1v) is 9.71. The van der Waals surface area contributed by atoms with Crippen molar-refractivity contribution in [3.05, 3.63) is 102 Å². The molecule has 1 atom stereocenters. The van der Waals surface area contributed by atoms with E-state index >= 15 is 0 Å². The smallest absolute Gasteiger partial charge is 0.299 e. The van der Waals surface area contributed by atoms with Gasteiger partial charge in [0.05, 0.1) is 13.2 Å². The molecule has 0 radical (unpaired) electrons. The van der Waals surface area contributed by atoms with Crippen LogP contribution in [-0.4, -0.2) is 25.3 Å². The molecule has 3 aromatic rings. The van der Waals surface area contributed by atoms with Crippen molar-refractivity contribution in [1.82, 2.24) is 0 Å². The normalized spacial score (nSPS) is 17.9. The summed E-state index contributed by atoms with van der Waals surface area (Å²) < 4.78 is 5.23. The minimum absolute atomic E-state index is 0.151. The third-order valence-electron chi connectivity index (χ3n) is 5.31. The number of hydrogen-bond acceptors (Lipinski definition) is 4. The number of ether oxygens (including phenoxy) is 1. The molecule has 1 saturated heterocycles. The molecule has 1 unspecified atom stereocenters. The zero-order chi connectivity index (χ0) is 21.1. The van der Waals surface area contributed by atoms with E-state index in [2.05, 4.69) is 0 Å². The van der Waals surface area contributed by atoms with Crippen molar-refractivity contribution in [2.45, 2.75) is 6.04 Å². The molecule has 1 heterocycles. The average molecular weight is 398 g/mol. The Kier molecular flexibility index (Phi) is 5.46. The predicted molar refractivity (Wildman–Crippen MR) is 117 cm³/mol. The molecule has 1 fully saturated rings. The van der Waals surface area contributed by atoms with E-state index in [9.17, 15) is 9.59 Å². The fourth-order valence-corrected chi connectivity index (χ4v) is 3.88. The number of carbonyl (C=O) groups excluding carboxylic acids is 2. The van der Waals surface area contributed by atoms with Crippen LogP contribution in [0, 0.1) is 0 Å². The van der Waals surface area contributed by atoms with Crippen molar-refractivity contribution in [2.24, 2.45) is 5.73 Å². The topological polar surface area (TPSA) is 72.6 Å². The van der Waals surface area contributed by atoms with Crippen LogP contribution in [0.15, 0.2) is 90.5 Å². The van der Waals surface area contributed by atoms with Gasteiger partial charge >= 0.3 is 0 Å². The summed E-state index contributed by atoms with van der Waals surface area (Å²) in [5.41, 5.74) is 9.52. The van der Waals surface area contributed by atoms with Gasteiger partial charge in [-0.1, -0.05) is 60.7 Å². The Morgan fingerprint density at radius 2 is 1.50 bits per heavy atom. The zero-order valence-corrected chi connectivity index (χ0v) is 16.6. The van der Waals surface area contributed by atoms with Crippen LogP contribution in [0.4, 0.5) is 5.69 Å². The molecular weight excluding hydrogens is 376 g/mol. The Labute approximate surface area is 175 Å². The van der Waals surface area contributed by atoms with Gasteiger partial charge in [-0.3, -0.25) is 14.5 Å². The molecule has 1 aliphatic heterocycles. The molecular formula is C25H22N2O3. The standard InChI is InChI=1S/C25H22N2O3/c1-30-20-14-12-19(13-15-20)27-23(18-10-6-3-7-11-18)22(24(28)25(27)29)21(16-26)17-8-4-2-5-9-17/h2-15,23H,16,26H2,1H3. The summed E-state index contributed by atoms with van der Waals surface area (Å²) in [7, 11) is 1.58. The fourth-order valence-electron chi connectivity index (χ4n) is 3.88. The molecule has 1 amide bonds. The van der Waals surface area contributed by atoms with Gasteiger partial charge in [0.25, 0.3) is 5.91 Å². The minimum Gasteiger partial charge on any atom is -0.497 e. The Bertz CT molecular complexity index is 1090. The first-order valence-electron chi connectivity index (χ1n) is 9.71. The average Bonchev–Trinajstić information content (AvgIpc) is 3.06. The van der Waals surface area contributed by atoms with Gasteiger partial charge in [-0.15, -0.1) is 0 Å². The SMILES string of the molecule is COc1ccc(N2C(=O)C(=O)C(=C(CN)c3ccccc3)C2c2ccccc2)cc1. The fraction of sp³-hybridized carbons (Fsp3) is 0.120. The lowest BCUT2D eigenvalue weighted by Gasteiger charge is -2.26. The molecule has 0 spiro atoms. The maximum atomic E-state index is 13.2. The monoisotopic (exact) mass is 398 g/mol. The Morgan fingerprint density at radius 1 is 0.900 bits per heavy atom. The summed E-state index contributed by atoms with van der Waals surface area (Å²) in [5.74, 6) is -0.412. The molecule has 150 valence electrons. The van der Waals surface area contributed by atoms with E-state index in [0.717, 1.165) is 11.1 Å². The largest absolute Gasteiger partial charge is 0.497 e. The molecule has 4 rings (SSSR count). The Morgan fingerprint density at radius 3 is 2.07 bits per heavy atom. The van der Waals surface area contributed by atoms with Crippen LogP contribution in [0.25, 0.3) is 5.57 Å². The van der Waals surface area contributed by atoms with Crippen LogP contribution in [0.1, 0.15) is 17.2 Å². The molecule has 0 bridgehead atoms. The third-order valence-corrected chi connectivity index (χ3v) is 5.31. The maximum absolute atomic E-state index is 13.2. The summed E-state index contributed by atoms with van der Waals surface area (Å²) in [6.45, 7) is 0.151. The lowest BCUT2D eigenvalue weighted by atomic mass is 9.90. The molecule has 5 heteroatoms. The summed E-state index contributed by atoms with van der Waals surface area (Å²) in [4.78, 5) is 28.0. The number of nitrogens with zero attached hydrogens (tertiary/aromatic N) is 1. The number of carbonyl (C=O) groups is 2. The van der Waals surface area contributed by atoms with E-state index in [1.165, 1.54) is 0 Å². The van der Waals surface area contributed by atoms with E-state index in [-0.39, 0.29) is 6.54 Å². The van der Waals surface area contributed by atoms with E-state index in [4.69, 9.17) is 10.5 Å². The van der Waals surface area contributed by atoms with Gasteiger partial charge in [-0.05, 0) is 41.0 Å². The Balaban J connectivity index is 1.94. The van der Waals surface area contributed by atoms with Crippen molar-refractivity contribution in [2.75, 3.05) is 18.6 Å². The van der Waals surface area contributed by atoms with Crippen molar-refractivity contribution >= 4 is 23.0 Å². The van der Waals surface area contributed by atoms with Crippen molar-refractivity contribution in [1.29, 1.82) is 0 Å². The lowest BCUT2D eigenvalue weighted by molar-refractivity contribution is -0.132. The Hall–Kier alpha value is -3.70.